The topological polar surface area (TPSA) is 74.0 Å². The fourth-order valence-electron chi connectivity index (χ4n) is 2.50. The van der Waals surface area contributed by atoms with Gasteiger partial charge in [0.2, 0.25) is 0 Å². The summed E-state index contributed by atoms with van der Waals surface area (Å²) in [6.07, 6.45) is 3.57. The number of halogens is 1. The van der Waals surface area contributed by atoms with Crippen LogP contribution in [0.5, 0.6) is 5.75 Å². The first-order valence-electron chi connectivity index (χ1n) is 8.12. The molecule has 2 aromatic heterocycles. The highest BCUT2D eigenvalue weighted by molar-refractivity contribution is 6.32. The molecule has 0 atom stereocenters. The first kappa shape index (κ1) is 18.0. The number of ether oxygens (including phenoxy) is 1. The molecule has 26 heavy (non-hydrogen) atoms. The molecule has 1 N–H and O–H groups in total. The second-order valence-corrected chi connectivity index (χ2v) is 6.45. The molecule has 2 heterocycles. The van der Waals surface area contributed by atoms with E-state index in [1.54, 1.807) is 27.7 Å². The summed E-state index contributed by atoms with van der Waals surface area (Å²) in [5.74, 6) is 0.334. The van der Waals surface area contributed by atoms with Crippen molar-refractivity contribution in [3.8, 4) is 5.75 Å². The molecule has 1 aromatic carbocycles. The van der Waals surface area contributed by atoms with Crippen molar-refractivity contribution in [3.63, 3.8) is 0 Å². The molecular weight excluding hydrogens is 354 g/mol. The first-order chi connectivity index (χ1) is 12.4. The Kier molecular flexibility index (Phi) is 5.27. The van der Waals surface area contributed by atoms with Gasteiger partial charge in [0, 0.05) is 31.5 Å². The Morgan fingerprint density at radius 3 is 2.81 bits per heavy atom. The minimum Gasteiger partial charge on any atom is -0.470 e. The summed E-state index contributed by atoms with van der Waals surface area (Å²) in [6, 6.07) is 7.20. The molecule has 3 rings (SSSR count). The Morgan fingerprint density at radius 1 is 1.27 bits per heavy atom. The monoisotopic (exact) mass is 373 g/mol. The molecule has 0 unspecified atom stereocenters. The lowest BCUT2D eigenvalue weighted by molar-refractivity contribution is 0.0944. The third kappa shape index (κ3) is 4.23. The van der Waals surface area contributed by atoms with Gasteiger partial charge in [-0.25, -0.2) is 4.68 Å². The molecule has 1 amide bonds. The standard InChI is InChI=1S/C18H20ClN5O2/c1-12-4-5-15(19)17(8-12)26-11-24-7-6-16(22-24)18(25)20-9-14-10-23(3)21-13(14)2/h4-8,10H,9,11H2,1-3H3,(H,20,25). The number of aryl methyl sites for hydroxylation is 3. The fourth-order valence-corrected chi connectivity index (χ4v) is 2.67. The van der Waals surface area contributed by atoms with Crippen molar-refractivity contribution in [1.82, 2.24) is 24.9 Å². The Balaban J connectivity index is 1.57. The number of carbonyl (C=O) groups is 1. The van der Waals surface area contributed by atoms with Crippen LogP contribution < -0.4 is 10.1 Å². The number of benzene rings is 1. The van der Waals surface area contributed by atoms with Crippen LogP contribution >= 0.6 is 11.6 Å². The van der Waals surface area contributed by atoms with Crippen LogP contribution in [0.2, 0.25) is 5.02 Å². The van der Waals surface area contributed by atoms with E-state index in [9.17, 15) is 4.79 Å². The molecule has 0 bridgehead atoms. The van der Waals surface area contributed by atoms with Gasteiger partial charge in [0.25, 0.3) is 5.91 Å². The molecule has 136 valence electrons. The lowest BCUT2D eigenvalue weighted by atomic mass is 10.2. The summed E-state index contributed by atoms with van der Waals surface area (Å²) in [4.78, 5) is 12.2. The molecule has 0 aliphatic carbocycles. The van der Waals surface area contributed by atoms with E-state index in [0.717, 1.165) is 16.8 Å². The van der Waals surface area contributed by atoms with E-state index in [1.165, 1.54) is 0 Å². The normalized spacial score (nSPS) is 10.8. The van der Waals surface area contributed by atoms with Crippen LogP contribution in [0.25, 0.3) is 0 Å². The van der Waals surface area contributed by atoms with Gasteiger partial charge in [-0.3, -0.25) is 9.48 Å². The highest BCUT2D eigenvalue weighted by atomic mass is 35.5. The van der Waals surface area contributed by atoms with Gasteiger partial charge < -0.3 is 10.1 Å². The fraction of sp³-hybridized carbons (Fsp3) is 0.278. The zero-order valence-corrected chi connectivity index (χ0v) is 15.6. The van der Waals surface area contributed by atoms with E-state index < -0.39 is 0 Å². The summed E-state index contributed by atoms with van der Waals surface area (Å²) < 4.78 is 8.94. The van der Waals surface area contributed by atoms with Crippen molar-refractivity contribution >= 4 is 17.5 Å². The first-order valence-corrected chi connectivity index (χ1v) is 8.50. The molecule has 0 saturated heterocycles. The number of nitrogens with one attached hydrogen (secondary N) is 1. The smallest absolute Gasteiger partial charge is 0.272 e. The van der Waals surface area contributed by atoms with Crippen molar-refractivity contribution in [2.75, 3.05) is 0 Å². The van der Waals surface area contributed by atoms with Gasteiger partial charge in [-0.15, -0.1) is 0 Å². The minimum atomic E-state index is -0.249. The molecular formula is C18H20ClN5O2. The Labute approximate surface area is 156 Å². The molecule has 0 saturated carbocycles. The molecule has 0 aliphatic rings. The van der Waals surface area contributed by atoms with Gasteiger partial charge in [-0.05, 0) is 37.6 Å². The van der Waals surface area contributed by atoms with E-state index in [-0.39, 0.29) is 12.6 Å². The van der Waals surface area contributed by atoms with Crippen molar-refractivity contribution < 1.29 is 9.53 Å². The minimum absolute atomic E-state index is 0.165. The van der Waals surface area contributed by atoms with Gasteiger partial charge in [0.15, 0.2) is 6.73 Å². The maximum atomic E-state index is 12.2. The largest absolute Gasteiger partial charge is 0.470 e. The van der Waals surface area contributed by atoms with E-state index >= 15 is 0 Å². The Bertz CT molecular complexity index is 932. The number of rotatable bonds is 6. The number of carbonyl (C=O) groups excluding carboxylic acids is 1. The van der Waals surface area contributed by atoms with E-state index in [4.69, 9.17) is 16.3 Å². The Morgan fingerprint density at radius 2 is 2.08 bits per heavy atom. The van der Waals surface area contributed by atoms with E-state index in [2.05, 4.69) is 15.5 Å². The zero-order chi connectivity index (χ0) is 18.7. The van der Waals surface area contributed by atoms with E-state index in [1.807, 2.05) is 39.2 Å². The predicted octanol–water partition coefficient (Wildman–Crippen LogP) is 2.85. The summed E-state index contributed by atoms with van der Waals surface area (Å²) in [7, 11) is 1.85. The van der Waals surface area contributed by atoms with Crippen LogP contribution in [-0.4, -0.2) is 25.5 Å². The lowest BCUT2D eigenvalue weighted by Crippen LogP contribution is -2.23. The van der Waals surface area contributed by atoms with Crippen molar-refractivity contribution in [1.29, 1.82) is 0 Å². The lowest BCUT2D eigenvalue weighted by Gasteiger charge is -2.08. The van der Waals surface area contributed by atoms with Crippen LogP contribution in [0.15, 0.2) is 36.7 Å². The number of hydrogen-bond acceptors (Lipinski definition) is 4. The highest BCUT2D eigenvalue weighted by Crippen LogP contribution is 2.25. The summed E-state index contributed by atoms with van der Waals surface area (Å²) >= 11 is 6.11. The van der Waals surface area contributed by atoms with Gasteiger partial charge in [-0.1, -0.05) is 17.7 Å². The summed E-state index contributed by atoms with van der Waals surface area (Å²) in [5.41, 5.74) is 3.24. The predicted molar refractivity (Wildman–Crippen MR) is 98.2 cm³/mol. The quantitative estimate of drug-likeness (QED) is 0.721. The van der Waals surface area contributed by atoms with Crippen LogP contribution in [0, 0.1) is 13.8 Å². The molecule has 0 spiro atoms. The zero-order valence-electron chi connectivity index (χ0n) is 14.9. The average Bonchev–Trinajstić information content (AvgIpc) is 3.20. The van der Waals surface area contributed by atoms with Crippen LogP contribution in [-0.2, 0) is 20.3 Å². The molecule has 0 radical (unpaired) electrons. The third-order valence-corrected chi connectivity index (χ3v) is 4.18. The van der Waals surface area contributed by atoms with Crippen molar-refractivity contribution in [2.24, 2.45) is 7.05 Å². The number of aromatic nitrogens is 4. The van der Waals surface area contributed by atoms with Crippen LogP contribution in [0.3, 0.4) is 0 Å². The molecule has 0 aliphatic heterocycles. The van der Waals surface area contributed by atoms with Crippen LogP contribution in [0.4, 0.5) is 0 Å². The molecule has 3 aromatic rings. The molecule has 8 heteroatoms. The highest BCUT2D eigenvalue weighted by Gasteiger charge is 2.11. The SMILES string of the molecule is Cc1ccc(Cl)c(OCn2ccc(C(=O)NCc3cn(C)nc3C)n2)c1. The third-order valence-electron chi connectivity index (χ3n) is 3.87. The Hall–Kier alpha value is -2.80. The van der Waals surface area contributed by atoms with Gasteiger partial charge in [-0.2, -0.15) is 10.2 Å². The second-order valence-electron chi connectivity index (χ2n) is 6.04. The second kappa shape index (κ2) is 7.61. The summed E-state index contributed by atoms with van der Waals surface area (Å²) in [6.45, 7) is 4.44. The average molecular weight is 374 g/mol. The van der Waals surface area contributed by atoms with Gasteiger partial charge >= 0.3 is 0 Å². The van der Waals surface area contributed by atoms with Gasteiger partial charge in [0.1, 0.15) is 11.4 Å². The number of hydrogen-bond donors (Lipinski definition) is 1. The maximum Gasteiger partial charge on any atom is 0.272 e. The van der Waals surface area contributed by atoms with E-state index in [0.29, 0.717) is 23.0 Å². The molecule has 7 nitrogen and oxygen atoms in total. The number of amides is 1. The summed E-state index contributed by atoms with van der Waals surface area (Å²) in [5, 5.41) is 11.9. The van der Waals surface area contributed by atoms with Crippen molar-refractivity contribution in [3.05, 3.63) is 64.2 Å². The maximum absolute atomic E-state index is 12.2. The van der Waals surface area contributed by atoms with Crippen molar-refractivity contribution in [2.45, 2.75) is 27.1 Å². The van der Waals surface area contributed by atoms with Crippen LogP contribution in [0.1, 0.15) is 27.3 Å². The molecule has 0 fully saturated rings. The number of nitrogens with zero attached hydrogens (tertiary/aromatic N) is 4. The van der Waals surface area contributed by atoms with Gasteiger partial charge in [0.05, 0.1) is 10.7 Å².